The zero-order valence-electron chi connectivity index (χ0n) is 14.7. The minimum atomic E-state index is -0.779. The molecule has 136 valence electrons. The lowest BCUT2D eigenvalue weighted by Gasteiger charge is -2.22. The van der Waals surface area contributed by atoms with Crippen LogP contribution in [0.25, 0.3) is 0 Å². The van der Waals surface area contributed by atoms with E-state index in [0.717, 1.165) is 16.7 Å². The maximum Gasteiger partial charge on any atom is 0.251 e. The van der Waals surface area contributed by atoms with E-state index in [4.69, 9.17) is 0 Å². The molecule has 3 aromatic carbocycles. The zero-order chi connectivity index (χ0) is 18.8. The minimum absolute atomic E-state index is 0.205. The summed E-state index contributed by atoms with van der Waals surface area (Å²) in [4.78, 5) is 12.6. The first kappa shape index (κ1) is 17.4. The van der Waals surface area contributed by atoms with Gasteiger partial charge in [-0.1, -0.05) is 54.6 Å². The van der Waals surface area contributed by atoms with Crippen molar-refractivity contribution in [2.45, 2.75) is 24.5 Å². The van der Waals surface area contributed by atoms with Gasteiger partial charge in [0.25, 0.3) is 5.91 Å². The average molecular weight is 361 g/mol. The average Bonchev–Trinajstić information content (AvgIpc) is 2.95. The summed E-state index contributed by atoms with van der Waals surface area (Å²) >= 11 is 0. The molecule has 1 unspecified atom stereocenters. The molecule has 0 fully saturated rings. The van der Waals surface area contributed by atoms with E-state index in [1.807, 2.05) is 36.4 Å². The van der Waals surface area contributed by atoms with Gasteiger partial charge in [0.15, 0.2) is 0 Å². The number of amides is 1. The Balaban J connectivity index is 1.61. The third-order valence-corrected chi connectivity index (χ3v) is 5.15. The molecule has 27 heavy (non-hydrogen) atoms. The Bertz CT molecular complexity index is 957. The van der Waals surface area contributed by atoms with Crippen molar-refractivity contribution in [2.24, 2.45) is 0 Å². The van der Waals surface area contributed by atoms with Gasteiger partial charge in [0.2, 0.25) is 0 Å². The Kier molecular flexibility index (Phi) is 4.73. The van der Waals surface area contributed by atoms with Crippen LogP contribution in [0.15, 0.2) is 78.9 Å². The molecule has 1 aliphatic rings. The van der Waals surface area contributed by atoms with E-state index in [-0.39, 0.29) is 17.6 Å². The Morgan fingerprint density at radius 1 is 0.926 bits per heavy atom. The summed E-state index contributed by atoms with van der Waals surface area (Å²) in [6.45, 7) is 0. The molecule has 3 aromatic rings. The number of benzene rings is 3. The van der Waals surface area contributed by atoms with Crippen molar-refractivity contribution in [3.8, 4) is 0 Å². The second-order valence-corrected chi connectivity index (χ2v) is 6.88. The molecule has 4 heteroatoms. The number of aliphatic hydroxyl groups is 1. The molecule has 0 saturated carbocycles. The fourth-order valence-electron chi connectivity index (χ4n) is 3.86. The fraction of sp³-hybridized carbons (Fsp3) is 0.174. The van der Waals surface area contributed by atoms with Crippen molar-refractivity contribution in [2.75, 3.05) is 0 Å². The minimum Gasteiger partial charge on any atom is -0.390 e. The number of fused-ring (bicyclic) bond motifs is 1. The van der Waals surface area contributed by atoms with Crippen LogP contribution in [-0.2, 0) is 6.42 Å². The first-order valence-corrected chi connectivity index (χ1v) is 9.01. The summed E-state index contributed by atoms with van der Waals surface area (Å²) in [6, 6.07) is 22.6. The van der Waals surface area contributed by atoms with Crippen LogP contribution < -0.4 is 5.32 Å². The lowest BCUT2D eigenvalue weighted by Crippen LogP contribution is -2.35. The van der Waals surface area contributed by atoms with Crippen molar-refractivity contribution in [3.05, 3.63) is 107 Å². The number of carbonyl (C=O) groups excluding carboxylic acids is 1. The van der Waals surface area contributed by atoms with Gasteiger partial charge in [-0.2, -0.15) is 0 Å². The van der Waals surface area contributed by atoms with E-state index in [2.05, 4.69) is 5.32 Å². The van der Waals surface area contributed by atoms with E-state index in [1.165, 1.54) is 12.1 Å². The molecule has 0 radical (unpaired) electrons. The maximum atomic E-state index is 13.6. The first-order valence-electron chi connectivity index (χ1n) is 9.01. The molecule has 1 amide bonds. The second kappa shape index (κ2) is 7.33. The van der Waals surface area contributed by atoms with E-state index in [9.17, 15) is 14.3 Å². The molecular weight excluding hydrogens is 341 g/mol. The summed E-state index contributed by atoms with van der Waals surface area (Å²) < 4.78 is 13.6. The molecule has 0 bridgehead atoms. The topological polar surface area (TPSA) is 49.3 Å². The van der Waals surface area contributed by atoms with Crippen molar-refractivity contribution < 1.29 is 14.3 Å². The second-order valence-electron chi connectivity index (χ2n) is 6.88. The number of halogens is 1. The van der Waals surface area contributed by atoms with Crippen molar-refractivity contribution in [1.82, 2.24) is 5.32 Å². The molecule has 4 rings (SSSR count). The number of carbonyl (C=O) groups is 1. The summed E-state index contributed by atoms with van der Waals surface area (Å²) in [7, 11) is 0. The first-order chi connectivity index (χ1) is 13.1. The highest BCUT2D eigenvalue weighted by Gasteiger charge is 2.40. The van der Waals surface area contributed by atoms with E-state index >= 15 is 0 Å². The van der Waals surface area contributed by atoms with Gasteiger partial charge in [0.05, 0.1) is 12.1 Å². The molecule has 0 spiro atoms. The summed E-state index contributed by atoms with van der Waals surface area (Å²) in [5, 5.41) is 14.0. The smallest absolute Gasteiger partial charge is 0.251 e. The molecule has 2 N–H and O–H groups in total. The number of hydrogen-bond acceptors (Lipinski definition) is 2. The Morgan fingerprint density at radius 2 is 1.63 bits per heavy atom. The van der Waals surface area contributed by atoms with Crippen molar-refractivity contribution in [1.29, 1.82) is 0 Å². The summed E-state index contributed by atoms with van der Waals surface area (Å²) in [6.07, 6.45) is -0.272. The van der Waals surface area contributed by atoms with Gasteiger partial charge in [-0.25, -0.2) is 4.39 Å². The molecule has 0 aliphatic heterocycles. The Hall–Kier alpha value is -2.98. The van der Waals surface area contributed by atoms with Crippen LogP contribution in [0.2, 0.25) is 0 Å². The van der Waals surface area contributed by atoms with Crippen LogP contribution in [0.4, 0.5) is 4.39 Å². The third kappa shape index (κ3) is 3.49. The third-order valence-electron chi connectivity index (χ3n) is 5.15. The molecule has 1 aliphatic carbocycles. The molecule has 3 nitrogen and oxygen atoms in total. The highest BCUT2D eigenvalue weighted by atomic mass is 19.1. The molecule has 3 atom stereocenters. The summed E-state index contributed by atoms with van der Waals surface area (Å²) in [5.41, 5.74) is 3.28. The van der Waals surface area contributed by atoms with Crippen molar-refractivity contribution >= 4 is 5.91 Å². The van der Waals surface area contributed by atoms with Gasteiger partial charge in [-0.15, -0.1) is 0 Å². The Morgan fingerprint density at radius 3 is 2.37 bits per heavy atom. The molecular formula is C23H20FNO2. The quantitative estimate of drug-likeness (QED) is 0.738. The lowest BCUT2D eigenvalue weighted by atomic mass is 9.92. The van der Waals surface area contributed by atoms with Gasteiger partial charge >= 0.3 is 0 Å². The monoisotopic (exact) mass is 361 g/mol. The lowest BCUT2D eigenvalue weighted by molar-refractivity contribution is 0.0813. The van der Waals surface area contributed by atoms with Crippen molar-refractivity contribution in [3.63, 3.8) is 0 Å². The number of nitrogens with one attached hydrogen (secondary N) is 1. The van der Waals surface area contributed by atoms with Gasteiger partial charge in [-0.3, -0.25) is 4.79 Å². The van der Waals surface area contributed by atoms with Crippen LogP contribution >= 0.6 is 0 Å². The van der Waals surface area contributed by atoms with Gasteiger partial charge in [0, 0.05) is 11.5 Å². The number of rotatable bonds is 4. The van der Waals surface area contributed by atoms with E-state index in [1.54, 1.807) is 30.3 Å². The molecule has 0 aromatic heterocycles. The summed E-state index contributed by atoms with van der Waals surface area (Å²) in [5.74, 6) is -0.716. The highest BCUT2D eigenvalue weighted by molar-refractivity contribution is 5.94. The van der Waals surface area contributed by atoms with Crippen LogP contribution in [0, 0.1) is 5.82 Å². The standard InChI is InChI=1S/C23H20FNO2/c24-17-10-6-7-15(13-17)14-20-18-11-4-5-12-19(18)21(22(20)26)25-23(27)16-8-2-1-3-9-16/h1-13,20-22,26H,14H2,(H,25,27)/t20-,21-,22?/m0/s1. The van der Waals surface area contributed by atoms with E-state index in [0.29, 0.717) is 12.0 Å². The van der Waals surface area contributed by atoms with E-state index < -0.39 is 12.1 Å². The highest BCUT2D eigenvalue weighted by Crippen LogP contribution is 2.42. The van der Waals surface area contributed by atoms with Crippen LogP contribution in [-0.4, -0.2) is 17.1 Å². The normalized spacial score (nSPS) is 20.9. The maximum absolute atomic E-state index is 13.6. The predicted molar refractivity (Wildman–Crippen MR) is 102 cm³/mol. The molecule has 0 saturated heterocycles. The van der Waals surface area contributed by atoms with Crippen LogP contribution in [0.3, 0.4) is 0 Å². The molecule has 0 heterocycles. The van der Waals surface area contributed by atoms with Crippen LogP contribution in [0.1, 0.15) is 39.0 Å². The number of hydrogen-bond donors (Lipinski definition) is 2. The largest absolute Gasteiger partial charge is 0.390 e. The van der Waals surface area contributed by atoms with Crippen LogP contribution in [0.5, 0.6) is 0 Å². The zero-order valence-corrected chi connectivity index (χ0v) is 14.7. The number of aliphatic hydroxyl groups excluding tert-OH is 1. The van der Waals surface area contributed by atoms with Gasteiger partial charge < -0.3 is 10.4 Å². The van der Waals surface area contributed by atoms with Gasteiger partial charge in [0.1, 0.15) is 5.82 Å². The Labute approximate surface area is 157 Å². The fourth-order valence-corrected chi connectivity index (χ4v) is 3.86. The predicted octanol–water partition coefficient (Wildman–Crippen LogP) is 4.00. The van der Waals surface area contributed by atoms with Gasteiger partial charge in [-0.05, 0) is 47.4 Å². The SMILES string of the molecule is O=C(N[C@H]1c2ccccc2[C@H](Cc2cccc(F)c2)C1O)c1ccccc1.